The van der Waals surface area contributed by atoms with Crippen LogP contribution < -0.4 is 0 Å². The number of carbonyl (C=O) groups is 2. The van der Waals surface area contributed by atoms with Crippen molar-refractivity contribution in [2.75, 3.05) is 0 Å². The molecule has 1 rings (SSSR count). The lowest BCUT2D eigenvalue weighted by atomic mass is 10.1. The van der Waals surface area contributed by atoms with Crippen molar-refractivity contribution >= 4 is 29.2 Å². The molecule has 3 nitrogen and oxygen atoms in total. The molecule has 0 aromatic carbocycles. The van der Waals surface area contributed by atoms with Crippen LogP contribution in [0.1, 0.15) is 24.1 Å². The van der Waals surface area contributed by atoms with Crippen LogP contribution in [0, 0.1) is 0 Å². The third-order valence-electron chi connectivity index (χ3n) is 1.89. The molecule has 0 bridgehead atoms. The van der Waals surface area contributed by atoms with Gasteiger partial charge in [-0.05, 0) is 24.3 Å². The highest BCUT2D eigenvalue weighted by Gasteiger charge is 2.01. The molecule has 0 atom stereocenters. The van der Waals surface area contributed by atoms with E-state index in [0.717, 1.165) is 11.2 Å². The number of hydrogen-bond acceptors (Lipinski definition) is 3. The first kappa shape index (κ1) is 11.7. The van der Waals surface area contributed by atoms with Crippen molar-refractivity contribution in [3.8, 4) is 0 Å². The first-order valence-corrected chi connectivity index (χ1v) is 5.53. The number of aldehydes is 1. The fraction of sp³-hybridized carbons (Fsp3) is 0.273. The Hall–Kier alpha value is -1.42. The van der Waals surface area contributed by atoms with Crippen LogP contribution in [-0.2, 0) is 9.59 Å². The largest absolute Gasteiger partial charge is 0.481 e. The molecule has 80 valence electrons. The molecule has 0 fully saturated rings. The molecule has 1 N–H and O–H groups in total. The fourth-order valence-corrected chi connectivity index (χ4v) is 1.89. The van der Waals surface area contributed by atoms with Gasteiger partial charge in [0.05, 0.1) is 0 Å². The third kappa shape index (κ3) is 4.08. The topological polar surface area (TPSA) is 54.4 Å². The van der Waals surface area contributed by atoms with Gasteiger partial charge < -0.3 is 5.11 Å². The standard InChI is InChI=1S/C11H12O3S/c12-8-9(10-5-3-7-15-10)4-1-2-6-11(13)14/h3-5,7-8H,1-2,6H2,(H,13,14). The van der Waals surface area contributed by atoms with Gasteiger partial charge in [0.15, 0.2) is 6.29 Å². The first-order chi connectivity index (χ1) is 7.24. The van der Waals surface area contributed by atoms with E-state index in [1.807, 2.05) is 17.5 Å². The zero-order chi connectivity index (χ0) is 11.1. The molecule has 0 spiro atoms. The lowest BCUT2D eigenvalue weighted by Gasteiger charge is -1.95. The lowest BCUT2D eigenvalue weighted by molar-refractivity contribution is -0.137. The third-order valence-corrected chi connectivity index (χ3v) is 2.81. The minimum Gasteiger partial charge on any atom is -0.481 e. The van der Waals surface area contributed by atoms with Crippen LogP contribution in [0.2, 0.25) is 0 Å². The number of carboxylic acids is 1. The number of unbranched alkanes of at least 4 members (excludes halogenated alkanes) is 1. The maximum atomic E-state index is 10.8. The van der Waals surface area contributed by atoms with E-state index in [1.165, 1.54) is 11.3 Å². The molecule has 0 aliphatic heterocycles. The molecule has 1 aromatic heterocycles. The molecule has 0 saturated heterocycles. The number of hydrogen-bond donors (Lipinski definition) is 1. The van der Waals surface area contributed by atoms with Crippen LogP contribution in [0.15, 0.2) is 23.6 Å². The number of allylic oxidation sites excluding steroid dienone is 2. The van der Waals surface area contributed by atoms with Gasteiger partial charge in [-0.3, -0.25) is 9.59 Å². The van der Waals surface area contributed by atoms with E-state index in [0.29, 0.717) is 18.4 Å². The second-order valence-electron chi connectivity index (χ2n) is 3.04. The normalized spacial score (nSPS) is 11.3. The highest BCUT2D eigenvalue weighted by molar-refractivity contribution is 7.11. The van der Waals surface area contributed by atoms with Gasteiger partial charge in [-0.2, -0.15) is 0 Å². The minimum absolute atomic E-state index is 0.146. The van der Waals surface area contributed by atoms with Crippen LogP contribution in [0.3, 0.4) is 0 Å². The zero-order valence-electron chi connectivity index (χ0n) is 8.18. The summed E-state index contributed by atoms with van der Waals surface area (Å²) in [6.45, 7) is 0. The van der Waals surface area contributed by atoms with Crippen molar-refractivity contribution in [3.05, 3.63) is 28.5 Å². The monoisotopic (exact) mass is 224 g/mol. The molecule has 15 heavy (non-hydrogen) atoms. The zero-order valence-corrected chi connectivity index (χ0v) is 9.00. The molecule has 0 unspecified atom stereocenters. The second kappa shape index (κ2) is 6.14. The number of aliphatic carboxylic acids is 1. The quantitative estimate of drug-likeness (QED) is 0.459. The van der Waals surface area contributed by atoms with E-state index in [1.54, 1.807) is 6.08 Å². The van der Waals surface area contributed by atoms with E-state index in [-0.39, 0.29) is 6.42 Å². The Labute approximate surface area is 92.1 Å². The molecule has 0 saturated carbocycles. The van der Waals surface area contributed by atoms with Gasteiger partial charge in [0.2, 0.25) is 0 Å². The predicted molar refractivity (Wildman–Crippen MR) is 59.8 cm³/mol. The van der Waals surface area contributed by atoms with Gasteiger partial charge in [0.1, 0.15) is 0 Å². The van der Waals surface area contributed by atoms with E-state index in [2.05, 4.69) is 0 Å². The Kier molecular flexibility index (Phi) is 4.77. The molecular weight excluding hydrogens is 212 g/mol. The Bertz CT molecular complexity index is 352. The smallest absolute Gasteiger partial charge is 0.303 e. The van der Waals surface area contributed by atoms with E-state index >= 15 is 0 Å². The maximum Gasteiger partial charge on any atom is 0.303 e. The molecule has 1 heterocycles. The van der Waals surface area contributed by atoms with E-state index in [4.69, 9.17) is 5.11 Å². The summed E-state index contributed by atoms with van der Waals surface area (Å²) in [6.07, 6.45) is 3.94. The SMILES string of the molecule is O=CC(=CCCCC(=O)O)c1cccs1. The van der Waals surface area contributed by atoms with Gasteiger partial charge >= 0.3 is 5.97 Å². The second-order valence-corrected chi connectivity index (χ2v) is 3.99. The van der Waals surface area contributed by atoms with Crippen molar-refractivity contribution in [1.82, 2.24) is 0 Å². The summed E-state index contributed by atoms with van der Waals surface area (Å²) in [7, 11) is 0. The van der Waals surface area contributed by atoms with Crippen LogP contribution in [0.4, 0.5) is 0 Å². The number of carboxylic acid groups (broad SMARTS) is 1. The fourth-order valence-electron chi connectivity index (χ4n) is 1.16. The summed E-state index contributed by atoms with van der Waals surface area (Å²) in [4.78, 5) is 21.9. The average Bonchev–Trinajstić information content (AvgIpc) is 2.70. The van der Waals surface area contributed by atoms with Crippen LogP contribution in [0.25, 0.3) is 5.57 Å². The summed E-state index contributed by atoms with van der Waals surface area (Å²) < 4.78 is 0. The molecule has 0 aliphatic rings. The Morgan fingerprint density at radius 3 is 2.87 bits per heavy atom. The van der Waals surface area contributed by atoms with Gasteiger partial charge in [0.25, 0.3) is 0 Å². The average molecular weight is 224 g/mol. The molecule has 1 aromatic rings. The van der Waals surface area contributed by atoms with Crippen LogP contribution >= 0.6 is 11.3 Å². The summed E-state index contributed by atoms with van der Waals surface area (Å²) >= 11 is 1.50. The minimum atomic E-state index is -0.799. The summed E-state index contributed by atoms with van der Waals surface area (Å²) in [5.74, 6) is -0.799. The Balaban J connectivity index is 2.49. The number of carbonyl (C=O) groups excluding carboxylic acids is 1. The Morgan fingerprint density at radius 1 is 1.53 bits per heavy atom. The summed E-state index contributed by atoms with van der Waals surface area (Å²) in [6, 6.07) is 3.76. The summed E-state index contributed by atoms with van der Waals surface area (Å²) in [5.41, 5.74) is 0.649. The van der Waals surface area contributed by atoms with Crippen molar-refractivity contribution in [2.45, 2.75) is 19.3 Å². The van der Waals surface area contributed by atoms with Crippen LogP contribution in [0.5, 0.6) is 0 Å². The van der Waals surface area contributed by atoms with Crippen molar-refractivity contribution in [1.29, 1.82) is 0 Å². The number of rotatable bonds is 6. The van der Waals surface area contributed by atoms with Gasteiger partial charge in [-0.25, -0.2) is 0 Å². The molecule has 0 amide bonds. The number of thiophene rings is 1. The molecule has 0 aliphatic carbocycles. The molecule has 0 radical (unpaired) electrons. The van der Waals surface area contributed by atoms with Crippen molar-refractivity contribution in [2.24, 2.45) is 0 Å². The van der Waals surface area contributed by atoms with Crippen molar-refractivity contribution in [3.63, 3.8) is 0 Å². The molecule has 4 heteroatoms. The summed E-state index contributed by atoms with van der Waals surface area (Å²) in [5, 5.41) is 10.3. The van der Waals surface area contributed by atoms with Gasteiger partial charge in [-0.1, -0.05) is 12.1 Å². The predicted octanol–water partition coefficient (Wildman–Crippen LogP) is 2.59. The highest BCUT2D eigenvalue weighted by atomic mass is 32.1. The Morgan fingerprint density at radius 2 is 2.33 bits per heavy atom. The first-order valence-electron chi connectivity index (χ1n) is 4.65. The lowest BCUT2D eigenvalue weighted by Crippen LogP contribution is -1.93. The molecular formula is C11H12O3S. The van der Waals surface area contributed by atoms with Crippen LogP contribution in [-0.4, -0.2) is 17.4 Å². The van der Waals surface area contributed by atoms with E-state index < -0.39 is 5.97 Å². The van der Waals surface area contributed by atoms with E-state index in [9.17, 15) is 9.59 Å². The van der Waals surface area contributed by atoms with Gasteiger partial charge in [-0.15, -0.1) is 11.3 Å². The highest BCUT2D eigenvalue weighted by Crippen LogP contribution is 2.19. The van der Waals surface area contributed by atoms with Crippen molar-refractivity contribution < 1.29 is 14.7 Å². The van der Waals surface area contributed by atoms with Gasteiger partial charge in [0, 0.05) is 16.9 Å². The maximum absolute atomic E-state index is 10.8.